The average molecular weight is 288 g/mol. The number of benzene rings is 1. The number of nitrogens with one attached hydrogen (secondary N) is 1. The van der Waals surface area contributed by atoms with E-state index in [0.717, 1.165) is 16.7 Å². The molecule has 5 heteroatoms. The predicted octanol–water partition coefficient (Wildman–Crippen LogP) is 2.01. The van der Waals surface area contributed by atoms with Crippen molar-refractivity contribution in [3.63, 3.8) is 0 Å². The quantitative estimate of drug-likeness (QED) is 0.938. The van der Waals surface area contributed by atoms with Crippen LogP contribution in [-0.4, -0.2) is 19.2 Å². The van der Waals surface area contributed by atoms with E-state index in [2.05, 4.69) is 10.3 Å². The SMILES string of the molecule is Cc1cnccc1CNC1CS(=O)(=O)c2ccccc21. The van der Waals surface area contributed by atoms with Crippen LogP contribution >= 0.6 is 0 Å². The molecule has 1 aliphatic rings. The van der Waals surface area contributed by atoms with Crippen molar-refractivity contribution < 1.29 is 8.42 Å². The maximum absolute atomic E-state index is 12.1. The minimum absolute atomic E-state index is 0.135. The van der Waals surface area contributed by atoms with Crippen molar-refractivity contribution in [2.75, 3.05) is 5.75 Å². The Morgan fingerprint density at radius 2 is 2.10 bits per heavy atom. The largest absolute Gasteiger partial charge is 0.305 e. The molecule has 0 spiro atoms. The molecule has 1 aliphatic heterocycles. The molecule has 0 saturated carbocycles. The van der Waals surface area contributed by atoms with Gasteiger partial charge in [0.1, 0.15) is 0 Å². The lowest BCUT2D eigenvalue weighted by molar-refractivity contribution is 0.565. The van der Waals surface area contributed by atoms with Gasteiger partial charge in [0.05, 0.1) is 10.6 Å². The highest BCUT2D eigenvalue weighted by Gasteiger charge is 2.33. The Balaban J connectivity index is 1.82. The van der Waals surface area contributed by atoms with Crippen LogP contribution in [0.5, 0.6) is 0 Å². The molecule has 1 N–H and O–H groups in total. The Morgan fingerprint density at radius 3 is 2.90 bits per heavy atom. The molecule has 0 aliphatic carbocycles. The molecule has 0 fully saturated rings. The number of sulfone groups is 1. The molecule has 1 aromatic heterocycles. The van der Waals surface area contributed by atoms with Crippen molar-refractivity contribution in [3.8, 4) is 0 Å². The third-order valence-electron chi connectivity index (χ3n) is 3.69. The van der Waals surface area contributed by atoms with Gasteiger partial charge >= 0.3 is 0 Å². The molecular weight excluding hydrogens is 272 g/mol. The molecule has 104 valence electrons. The Labute approximate surface area is 118 Å². The molecule has 1 aromatic carbocycles. The molecule has 4 nitrogen and oxygen atoms in total. The van der Waals surface area contributed by atoms with E-state index < -0.39 is 9.84 Å². The minimum Gasteiger partial charge on any atom is -0.305 e. The summed E-state index contributed by atoms with van der Waals surface area (Å²) < 4.78 is 24.2. The summed E-state index contributed by atoms with van der Waals surface area (Å²) in [6.45, 7) is 2.65. The van der Waals surface area contributed by atoms with Gasteiger partial charge in [0, 0.05) is 25.0 Å². The summed E-state index contributed by atoms with van der Waals surface area (Å²) in [7, 11) is -3.14. The maximum atomic E-state index is 12.1. The Morgan fingerprint density at radius 1 is 1.30 bits per heavy atom. The van der Waals surface area contributed by atoms with E-state index in [1.807, 2.05) is 31.3 Å². The summed E-state index contributed by atoms with van der Waals surface area (Å²) in [6.07, 6.45) is 3.57. The summed E-state index contributed by atoms with van der Waals surface area (Å²) >= 11 is 0. The zero-order valence-corrected chi connectivity index (χ0v) is 12.0. The van der Waals surface area contributed by atoms with E-state index in [9.17, 15) is 8.42 Å². The first kappa shape index (κ1) is 13.3. The lowest BCUT2D eigenvalue weighted by Crippen LogP contribution is -2.22. The summed E-state index contributed by atoms with van der Waals surface area (Å²) in [5, 5.41) is 3.34. The van der Waals surface area contributed by atoms with Crippen molar-refractivity contribution in [2.45, 2.75) is 24.4 Å². The molecule has 1 unspecified atom stereocenters. The van der Waals surface area contributed by atoms with Gasteiger partial charge < -0.3 is 5.32 Å². The van der Waals surface area contributed by atoms with Gasteiger partial charge in [0.15, 0.2) is 9.84 Å². The molecule has 0 radical (unpaired) electrons. The summed E-state index contributed by atoms with van der Waals surface area (Å²) in [5.74, 6) is 0.135. The van der Waals surface area contributed by atoms with E-state index in [1.54, 1.807) is 18.3 Å². The number of hydrogen-bond acceptors (Lipinski definition) is 4. The lowest BCUT2D eigenvalue weighted by Gasteiger charge is -2.13. The Kier molecular flexibility index (Phi) is 3.31. The Bertz CT molecular complexity index is 741. The third-order valence-corrected chi connectivity index (χ3v) is 5.51. The van der Waals surface area contributed by atoms with E-state index in [1.165, 1.54) is 0 Å². The second-order valence-corrected chi connectivity index (χ2v) is 7.06. The van der Waals surface area contributed by atoms with Gasteiger partial charge in [-0.3, -0.25) is 4.98 Å². The smallest absolute Gasteiger partial charge is 0.180 e. The molecule has 0 amide bonds. The average Bonchev–Trinajstić information content (AvgIpc) is 2.70. The monoisotopic (exact) mass is 288 g/mol. The molecule has 20 heavy (non-hydrogen) atoms. The highest BCUT2D eigenvalue weighted by Crippen LogP contribution is 2.33. The van der Waals surface area contributed by atoms with Crippen molar-refractivity contribution in [1.29, 1.82) is 0 Å². The minimum atomic E-state index is -3.14. The van der Waals surface area contributed by atoms with Gasteiger partial charge in [0.2, 0.25) is 0 Å². The molecule has 0 saturated heterocycles. The van der Waals surface area contributed by atoms with Gasteiger partial charge in [-0.2, -0.15) is 0 Å². The summed E-state index contributed by atoms with van der Waals surface area (Å²) in [4.78, 5) is 4.52. The number of aromatic nitrogens is 1. The topological polar surface area (TPSA) is 59.1 Å². The van der Waals surface area contributed by atoms with Gasteiger partial charge in [-0.25, -0.2) is 8.42 Å². The van der Waals surface area contributed by atoms with Crippen LogP contribution in [0.3, 0.4) is 0 Å². The molecule has 0 bridgehead atoms. The van der Waals surface area contributed by atoms with Crippen LogP contribution in [0.25, 0.3) is 0 Å². The second-order valence-electron chi connectivity index (χ2n) is 5.05. The second kappa shape index (κ2) is 5.00. The first-order chi connectivity index (χ1) is 9.58. The number of aryl methyl sites for hydroxylation is 1. The van der Waals surface area contributed by atoms with Gasteiger partial charge in [-0.15, -0.1) is 0 Å². The van der Waals surface area contributed by atoms with Gasteiger partial charge in [-0.05, 0) is 35.7 Å². The molecule has 2 heterocycles. The number of pyridine rings is 1. The Hall–Kier alpha value is -1.72. The zero-order valence-electron chi connectivity index (χ0n) is 11.2. The van der Waals surface area contributed by atoms with E-state index >= 15 is 0 Å². The van der Waals surface area contributed by atoms with Gasteiger partial charge in [0.25, 0.3) is 0 Å². The number of hydrogen-bond donors (Lipinski definition) is 1. The predicted molar refractivity (Wildman–Crippen MR) is 77.0 cm³/mol. The summed E-state index contributed by atoms with van der Waals surface area (Å²) in [5.41, 5.74) is 3.12. The van der Waals surface area contributed by atoms with Crippen LogP contribution in [0.1, 0.15) is 22.7 Å². The zero-order chi connectivity index (χ0) is 14.2. The van der Waals surface area contributed by atoms with E-state index in [4.69, 9.17) is 0 Å². The van der Waals surface area contributed by atoms with Gasteiger partial charge in [-0.1, -0.05) is 18.2 Å². The van der Waals surface area contributed by atoms with Crippen LogP contribution in [0.2, 0.25) is 0 Å². The maximum Gasteiger partial charge on any atom is 0.180 e. The van der Waals surface area contributed by atoms with E-state index in [-0.39, 0.29) is 11.8 Å². The third kappa shape index (κ3) is 2.34. The molecule has 2 aromatic rings. The van der Waals surface area contributed by atoms with Crippen molar-refractivity contribution in [1.82, 2.24) is 10.3 Å². The number of fused-ring (bicyclic) bond motifs is 1. The van der Waals surface area contributed by atoms with Crippen molar-refractivity contribution >= 4 is 9.84 Å². The lowest BCUT2D eigenvalue weighted by atomic mass is 10.1. The molecular formula is C15H16N2O2S. The van der Waals surface area contributed by atoms with E-state index in [0.29, 0.717) is 11.4 Å². The van der Waals surface area contributed by atoms with Crippen molar-refractivity contribution in [3.05, 3.63) is 59.4 Å². The molecule has 3 rings (SSSR count). The highest BCUT2D eigenvalue weighted by molar-refractivity contribution is 7.91. The standard InChI is InChI=1S/C15H16N2O2S/c1-11-8-16-7-6-12(11)9-17-14-10-20(18,19)15-5-3-2-4-13(14)15/h2-8,14,17H,9-10H2,1H3. The first-order valence-corrected chi connectivity index (χ1v) is 8.18. The van der Waals surface area contributed by atoms with Crippen molar-refractivity contribution in [2.24, 2.45) is 0 Å². The number of nitrogens with zero attached hydrogens (tertiary/aromatic N) is 1. The highest BCUT2D eigenvalue weighted by atomic mass is 32.2. The number of rotatable bonds is 3. The fraction of sp³-hybridized carbons (Fsp3) is 0.267. The normalized spacial score (nSPS) is 19.8. The van der Waals surface area contributed by atoms with Crippen LogP contribution < -0.4 is 5.32 Å². The van der Waals surface area contributed by atoms with Crippen LogP contribution in [-0.2, 0) is 16.4 Å². The fourth-order valence-electron chi connectivity index (χ4n) is 2.55. The van der Waals surface area contributed by atoms with Crippen LogP contribution in [0.15, 0.2) is 47.6 Å². The first-order valence-electron chi connectivity index (χ1n) is 6.52. The van der Waals surface area contributed by atoms with Crippen LogP contribution in [0, 0.1) is 6.92 Å². The fourth-order valence-corrected chi connectivity index (χ4v) is 4.32. The van der Waals surface area contributed by atoms with Crippen LogP contribution in [0.4, 0.5) is 0 Å². The molecule has 1 atom stereocenters. The summed E-state index contributed by atoms with van der Waals surface area (Å²) in [6, 6.07) is 9.04.